The van der Waals surface area contributed by atoms with Gasteiger partial charge >= 0.3 is 0 Å². The number of nitrogens with zero attached hydrogens (tertiary/aromatic N) is 4. The fraction of sp³-hybridized carbons (Fsp3) is 0.358. The topological polar surface area (TPSA) is 176 Å². The van der Waals surface area contributed by atoms with Crippen LogP contribution in [0, 0.1) is 0 Å². The van der Waals surface area contributed by atoms with Crippen molar-refractivity contribution >= 4 is 52.4 Å². The summed E-state index contributed by atoms with van der Waals surface area (Å²) in [6, 6.07) is 28.7. The van der Waals surface area contributed by atoms with Gasteiger partial charge in [-0.2, -0.15) is 0 Å². The van der Waals surface area contributed by atoms with E-state index in [1.807, 2.05) is 72.9 Å². The zero-order valence-electron chi connectivity index (χ0n) is 39.7. The largest absolute Gasteiger partial charge is 0.493 e. The highest BCUT2D eigenvalue weighted by Gasteiger charge is 2.36. The summed E-state index contributed by atoms with van der Waals surface area (Å²) in [5.74, 6) is 0.982. The number of hydrogen-bond acceptors (Lipinski definition) is 13. The maximum Gasteiger partial charge on any atom is 0.261 e. The van der Waals surface area contributed by atoms with Gasteiger partial charge in [-0.05, 0) is 77.6 Å². The van der Waals surface area contributed by atoms with E-state index in [1.165, 1.54) is 0 Å². The Balaban J connectivity index is 1.06. The lowest BCUT2D eigenvalue weighted by atomic mass is 10.1. The predicted molar refractivity (Wildman–Crippen MR) is 266 cm³/mol. The number of anilines is 4. The molecule has 8 rings (SSSR count). The molecule has 5 aromatic carbocycles. The molecule has 16 nitrogen and oxygen atoms in total. The highest BCUT2D eigenvalue weighted by atomic mass is 16.5. The number of hydrogen-bond donors (Lipinski definition) is 2. The molecule has 0 saturated carbocycles. The van der Waals surface area contributed by atoms with Gasteiger partial charge in [-0.25, -0.2) is 0 Å². The van der Waals surface area contributed by atoms with Crippen LogP contribution in [-0.4, -0.2) is 111 Å². The maximum absolute atomic E-state index is 14.1. The summed E-state index contributed by atoms with van der Waals surface area (Å²) >= 11 is 0. The first-order valence-corrected chi connectivity index (χ1v) is 23.2. The Morgan fingerprint density at radius 3 is 2.14 bits per heavy atom. The molecule has 3 aliphatic heterocycles. The maximum atomic E-state index is 14.1. The van der Waals surface area contributed by atoms with Crippen LogP contribution >= 0.6 is 0 Å². The smallest absolute Gasteiger partial charge is 0.261 e. The van der Waals surface area contributed by atoms with Gasteiger partial charge < -0.3 is 54.0 Å². The van der Waals surface area contributed by atoms with Gasteiger partial charge in [0.2, 0.25) is 5.91 Å². The van der Waals surface area contributed by atoms with Crippen LogP contribution in [0.1, 0.15) is 55.8 Å². The standard InChI is InChI=1S/C53H60N6O10/c1-55-43-30-49(47(64-3)28-41(43)52(61)58-17-15-37-10-5-7-12-45(37)58)68-33-35-24-36(26-39(25-35)57(16-9-14-51(54)60)18-19-66-22-23-67-21-20-63-2)34-69-50-31-44-42(29-48(50)65-4)53(62)59-40(32-56-44)27-38-11-6-8-13-46(38)59/h5-8,10-13,24-26,28-32,40,55H,9,14-23,27,33-34H2,1-4H3,(H2,54,60). The quantitative estimate of drug-likeness (QED) is 0.0599. The molecule has 0 fully saturated rings. The van der Waals surface area contributed by atoms with Gasteiger partial charge in [0.25, 0.3) is 11.8 Å². The van der Waals surface area contributed by atoms with Crippen LogP contribution in [0.15, 0.2) is 96.0 Å². The number of amides is 3. The molecule has 3 heterocycles. The zero-order chi connectivity index (χ0) is 48.3. The van der Waals surface area contributed by atoms with Crippen LogP contribution in [0.5, 0.6) is 23.0 Å². The third-order valence-electron chi connectivity index (χ3n) is 12.4. The third-order valence-corrected chi connectivity index (χ3v) is 12.4. The number of ether oxygens (including phenoxy) is 7. The molecule has 0 bridgehead atoms. The van der Waals surface area contributed by atoms with Crippen LogP contribution < -0.4 is 44.7 Å². The Hall–Kier alpha value is -7.14. The molecular formula is C53H60N6O10. The Labute approximate surface area is 402 Å². The van der Waals surface area contributed by atoms with Gasteiger partial charge in [0.05, 0.1) is 75.8 Å². The van der Waals surface area contributed by atoms with E-state index in [0.717, 1.165) is 45.7 Å². The summed E-state index contributed by atoms with van der Waals surface area (Å²) in [5.41, 5.74) is 14.0. The number of fused-ring (bicyclic) bond motifs is 5. The minimum Gasteiger partial charge on any atom is -0.493 e. The van der Waals surface area contributed by atoms with E-state index < -0.39 is 0 Å². The fourth-order valence-corrected chi connectivity index (χ4v) is 8.97. The average Bonchev–Trinajstić information content (AvgIpc) is 3.94. The number of nitrogens with two attached hydrogens (primary N) is 1. The molecule has 1 atom stereocenters. The second-order valence-electron chi connectivity index (χ2n) is 16.9. The van der Waals surface area contributed by atoms with Crippen molar-refractivity contribution in [1.82, 2.24) is 0 Å². The molecule has 1 unspecified atom stereocenters. The first kappa shape index (κ1) is 48.3. The van der Waals surface area contributed by atoms with E-state index in [1.54, 1.807) is 62.4 Å². The highest BCUT2D eigenvalue weighted by Crippen LogP contribution is 2.42. The summed E-state index contributed by atoms with van der Waals surface area (Å²) in [7, 11) is 6.49. The number of rotatable bonds is 24. The summed E-state index contributed by atoms with van der Waals surface area (Å²) in [6.07, 6.45) is 4.03. The van der Waals surface area contributed by atoms with Gasteiger partial charge in [0, 0.05) is 82.0 Å². The van der Waals surface area contributed by atoms with Crippen LogP contribution in [0.2, 0.25) is 0 Å². The van der Waals surface area contributed by atoms with Gasteiger partial charge in [-0.1, -0.05) is 36.4 Å². The summed E-state index contributed by atoms with van der Waals surface area (Å²) < 4.78 is 41.3. The normalized spacial score (nSPS) is 14.4. The first-order valence-electron chi connectivity index (χ1n) is 23.2. The van der Waals surface area contributed by atoms with Crippen LogP contribution in [-0.2, 0) is 45.1 Å². The second-order valence-corrected chi connectivity index (χ2v) is 16.9. The zero-order valence-corrected chi connectivity index (χ0v) is 39.7. The second kappa shape index (κ2) is 22.8. The Morgan fingerprint density at radius 1 is 0.768 bits per heavy atom. The van der Waals surface area contributed by atoms with E-state index in [0.29, 0.717) is 111 Å². The first-order chi connectivity index (χ1) is 33.7. The van der Waals surface area contributed by atoms with Crippen molar-refractivity contribution in [1.29, 1.82) is 0 Å². The highest BCUT2D eigenvalue weighted by molar-refractivity contribution is 6.15. The van der Waals surface area contributed by atoms with Crippen molar-refractivity contribution in [2.45, 2.75) is 44.9 Å². The van der Waals surface area contributed by atoms with Crippen molar-refractivity contribution in [3.05, 3.63) is 124 Å². The molecule has 0 saturated heterocycles. The molecular weight excluding hydrogens is 881 g/mol. The minimum atomic E-state index is -0.380. The number of aliphatic imine (C=N–C) groups is 1. The Kier molecular flexibility index (Phi) is 15.9. The number of nitrogens with one attached hydrogen (secondary N) is 1. The predicted octanol–water partition coefficient (Wildman–Crippen LogP) is 7.15. The number of methoxy groups -OCH3 is 3. The summed E-state index contributed by atoms with van der Waals surface area (Å²) in [6.45, 7) is 4.05. The number of para-hydroxylation sites is 2. The summed E-state index contributed by atoms with van der Waals surface area (Å²) in [5, 5.41) is 3.19. The van der Waals surface area contributed by atoms with E-state index in [9.17, 15) is 14.4 Å². The van der Waals surface area contributed by atoms with E-state index >= 15 is 0 Å². The van der Waals surface area contributed by atoms with E-state index in [2.05, 4.69) is 10.2 Å². The lowest BCUT2D eigenvalue weighted by Gasteiger charge is -2.26. The number of benzene rings is 5. The van der Waals surface area contributed by atoms with Gasteiger partial charge in [-0.15, -0.1) is 0 Å². The van der Waals surface area contributed by atoms with Crippen LogP contribution in [0.4, 0.5) is 28.4 Å². The van der Waals surface area contributed by atoms with Crippen molar-refractivity contribution in [2.75, 3.05) is 101 Å². The molecule has 69 heavy (non-hydrogen) atoms. The third kappa shape index (κ3) is 11.3. The molecule has 0 aromatic heterocycles. The molecule has 0 radical (unpaired) electrons. The number of carbonyl (C=O) groups excluding carboxylic acids is 3. The van der Waals surface area contributed by atoms with Crippen molar-refractivity contribution < 1.29 is 47.5 Å². The Bertz CT molecular complexity index is 2670. The number of carbonyl (C=O) groups is 3. The minimum absolute atomic E-state index is 0.115. The molecule has 0 aliphatic carbocycles. The van der Waals surface area contributed by atoms with Gasteiger partial charge in [0.1, 0.15) is 13.2 Å². The fourth-order valence-electron chi connectivity index (χ4n) is 8.97. The van der Waals surface area contributed by atoms with Gasteiger partial charge in [0.15, 0.2) is 23.0 Å². The van der Waals surface area contributed by atoms with E-state index in [-0.39, 0.29) is 43.4 Å². The van der Waals surface area contributed by atoms with Gasteiger partial charge in [-0.3, -0.25) is 24.3 Å². The molecule has 3 aliphatic rings. The van der Waals surface area contributed by atoms with E-state index in [4.69, 9.17) is 43.9 Å². The summed E-state index contributed by atoms with van der Waals surface area (Å²) in [4.78, 5) is 50.5. The molecule has 5 aromatic rings. The SMILES string of the molecule is CNc1cc(OCc2cc(COc3cc4c(cc3OC)C(=O)N3c5ccccc5CC3C=N4)cc(N(CCCC(N)=O)CCOCCOCCOC)c2)c(OC)cc1C(=O)N1CCc2ccccc21. The van der Waals surface area contributed by atoms with Crippen LogP contribution in [0.3, 0.4) is 0 Å². The molecule has 0 spiro atoms. The monoisotopic (exact) mass is 940 g/mol. The number of primary amides is 1. The molecule has 362 valence electrons. The lowest BCUT2D eigenvalue weighted by molar-refractivity contribution is -0.118. The molecule has 16 heteroatoms. The molecule has 3 amide bonds. The lowest BCUT2D eigenvalue weighted by Crippen LogP contribution is -2.37. The molecule has 3 N–H and O–H groups in total. The van der Waals surface area contributed by atoms with Crippen LogP contribution in [0.25, 0.3) is 0 Å². The average molecular weight is 941 g/mol. The van der Waals surface area contributed by atoms with Crippen molar-refractivity contribution in [3.8, 4) is 23.0 Å². The Morgan fingerprint density at radius 2 is 1.43 bits per heavy atom. The van der Waals surface area contributed by atoms with Crippen molar-refractivity contribution in [2.24, 2.45) is 10.7 Å². The van der Waals surface area contributed by atoms with Crippen molar-refractivity contribution in [3.63, 3.8) is 0 Å².